The van der Waals surface area contributed by atoms with Gasteiger partial charge in [0, 0.05) is 12.8 Å². The van der Waals surface area contributed by atoms with Gasteiger partial charge in [0.15, 0.2) is 6.10 Å². The molecule has 486 valence electrons. The Hall–Kier alpha value is -3.07. The van der Waals surface area contributed by atoms with Gasteiger partial charge in [0.2, 0.25) is 0 Å². The van der Waals surface area contributed by atoms with Gasteiger partial charge in [-0.15, -0.1) is 0 Å². The first-order valence-electron chi connectivity index (χ1n) is 35.0. The number of esters is 2. The van der Waals surface area contributed by atoms with Gasteiger partial charge < -0.3 is 18.9 Å². The third-order valence-electron chi connectivity index (χ3n) is 15.1. The van der Waals surface area contributed by atoms with Crippen LogP contribution in [0.1, 0.15) is 309 Å². The highest BCUT2D eigenvalue weighted by Gasteiger charge is 2.27. The molecular formula is C74H133NO8P+. The van der Waals surface area contributed by atoms with Gasteiger partial charge in [0.25, 0.3) is 0 Å². The van der Waals surface area contributed by atoms with Gasteiger partial charge in [-0.1, -0.05) is 317 Å². The zero-order valence-electron chi connectivity index (χ0n) is 55.4. The van der Waals surface area contributed by atoms with Crippen LogP contribution in [0.4, 0.5) is 0 Å². The van der Waals surface area contributed by atoms with E-state index in [2.05, 4.69) is 111 Å². The smallest absolute Gasteiger partial charge is 0.462 e. The molecule has 0 radical (unpaired) electrons. The monoisotopic (exact) mass is 1190 g/mol. The largest absolute Gasteiger partial charge is 0.472 e. The van der Waals surface area contributed by atoms with Crippen molar-refractivity contribution in [3.8, 4) is 0 Å². The summed E-state index contributed by atoms with van der Waals surface area (Å²) in [4.78, 5) is 35.8. The quantitative estimate of drug-likeness (QED) is 0.0211. The van der Waals surface area contributed by atoms with Crippen molar-refractivity contribution < 1.29 is 42.1 Å². The number of allylic oxidation sites excluding steroid dienone is 16. The van der Waals surface area contributed by atoms with E-state index in [1.54, 1.807) is 0 Å². The summed E-state index contributed by atoms with van der Waals surface area (Å²) in [6.07, 6.45) is 89.4. The highest BCUT2D eigenvalue weighted by molar-refractivity contribution is 7.47. The van der Waals surface area contributed by atoms with E-state index in [0.29, 0.717) is 23.9 Å². The first-order valence-corrected chi connectivity index (χ1v) is 36.5. The zero-order valence-corrected chi connectivity index (χ0v) is 56.3. The molecule has 9 nitrogen and oxygen atoms in total. The van der Waals surface area contributed by atoms with Crippen molar-refractivity contribution in [2.45, 2.75) is 315 Å². The van der Waals surface area contributed by atoms with Crippen molar-refractivity contribution >= 4 is 19.8 Å². The Balaban J connectivity index is 3.99. The molecule has 0 spiro atoms. The standard InChI is InChI=1S/C74H132NO8P/c1-6-8-10-12-14-16-18-20-22-24-26-27-28-29-30-31-32-33-34-35-36-37-38-39-40-41-42-43-44-45-46-47-49-51-53-55-57-59-61-63-65-67-74(77)83-72(71-82-84(78,79)81-69-68-75(3,4)5)70-80-73(76)66-64-62-60-58-56-54-52-50-48-25-23-21-19-17-15-13-11-9-7-2/h8,10,14,16,20,22,26-27,29-30,32-33,35-36,38-39,72H,6-7,9,11-13,15,17-19,21,23-25,28,31,34,37,40-71H2,1-5H3/p+1/b10-8-,16-14-,22-20-,27-26-,30-29-,33-32-,36-35-,39-38-. The van der Waals surface area contributed by atoms with E-state index in [-0.39, 0.29) is 25.6 Å². The minimum absolute atomic E-state index is 0.0315. The van der Waals surface area contributed by atoms with Gasteiger partial charge in [-0.25, -0.2) is 4.57 Å². The van der Waals surface area contributed by atoms with Crippen LogP contribution < -0.4 is 0 Å². The number of carbonyl (C=O) groups is 2. The molecule has 2 unspecified atom stereocenters. The number of hydrogen-bond acceptors (Lipinski definition) is 7. The van der Waals surface area contributed by atoms with Crippen LogP contribution in [-0.4, -0.2) is 74.9 Å². The van der Waals surface area contributed by atoms with Gasteiger partial charge >= 0.3 is 19.8 Å². The SMILES string of the molecule is CC/C=C\C/C=C\C/C=C\C/C=C\C/C=C\C/C=C\C/C=C\C/C=C\CCCCCCCCCCCCCCCCCCC(=O)OC(COC(=O)CCCCCCCCCCCCCCCCCCCCC)COP(=O)(O)OCC[N+](C)(C)C. The normalized spacial score (nSPS) is 13.7. The number of rotatable bonds is 64. The fourth-order valence-electron chi connectivity index (χ4n) is 9.80. The van der Waals surface area contributed by atoms with E-state index in [4.69, 9.17) is 18.5 Å². The molecule has 0 saturated carbocycles. The summed E-state index contributed by atoms with van der Waals surface area (Å²) in [5.74, 6) is -0.785. The number of hydrogen-bond donors (Lipinski definition) is 1. The van der Waals surface area contributed by atoms with Crippen molar-refractivity contribution in [2.24, 2.45) is 0 Å². The highest BCUT2D eigenvalue weighted by Crippen LogP contribution is 2.43. The highest BCUT2D eigenvalue weighted by atomic mass is 31.2. The van der Waals surface area contributed by atoms with Crippen LogP contribution in [0.25, 0.3) is 0 Å². The lowest BCUT2D eigenvalue weighted by molar-refractivity contribution is -0.870. The molecule has 0 aliphatic heterocycles. The number of quaternary nitrogens is 1. The Morgan fingerprint density at radius 3 is 1.01 bits per heavy atom. The predicted molar refractivity (Wildman–Crippen MR) is 362 cm³/mol. The van der Waals surface area contributed by atoms with Crippen LogP contribution >= 0.6 is 7.82 Å². The lowest BCUT2D eigenvalue weighted by Crippen LogP contribution is -2.37. The fourth-order valence-corrected chi connectivity index (χ4v) is 10.5. The topological polar surface area (TPSA) is 108 Å². The van der Waals surface area contributed by atoms with Crippen LogP contribution in [0, 0.1) is 0 Å². The van der Waals surface area contributed by atoms with Crippen molar-refractivity contribution in [1.82, 2.24) is 0 Å². The summed E-state index contributed by atoms with van der Waals surface area (Å²) >= 11 is 0. The first-order chi connectivity index (χ1) is 41.0. The zero-order chi connectivity index (χ0) is 61.2. The van der Waals surface area contributed by atoms with E-state index in [1.807, 2.05) is 21.1 Å². The van der Waals surface area contributed by atoms with Crippen molar-refractivity contribution in [1.29, 1.82) is 0 Å². The maximum atomic E-state index is 12.9. The molecule has 0 heterocycles. The molecule has 0 aliphatic rings. The molecule has 84 heavy (non-hydrogen) atoms. The molecule has 2 atom stereocenters. The average Bonchev–Trinajstić information content (AvgIpc) is 3.61. The second-order valence-electron chi connectivity index (χ2n) is 24.5. The molecule has 1 N–H and O–H groups in total. The molecule has 0 rings (SSSR count). The summed E-state index contributed by atoms with van der Waals surface area (Å²) in [5, 5.41) is 0. The van der Waals surface area contributed by atoms with Crippen LogP contribution in [-0.2, 0) is 32.7 Å². The minimum Gasteiger partial charge on any atom is -0.462 e. The first kappa shape index (κ1) is 80.9. The predicted octanol–water partition coefficient (Wildman–Crippen LogP) is 22.7. The van der Waals surface area contributed by atoms with Gasteiger partial charge in [-0.3, -0.25) is 18.6 Å². The molecule has 10 heteroatoms. The number of phosphoric acid groups is 1. The van der Waals surface area contributed by atoms with Crippen LogP contribution in [0.2, 0.25) is 0 Å². The van der Waals surface area contributed by atoms with Gasteiger partial charge in [0.05, 0.1) is 27.7 Å². The number of ether oxygens (including phenoxy) is 2. The lowest BCUT2D eigenvalue weighted by atomic mass is 10.0. The van der Waals surface area contributed by atoms with E-state index in [9.17, 15) is 19.0 Å². The summed E-state index contributed by atoms with van der Waals surface area (Å²) in [5.41, 5.74) is 0. The summed E-state index contributed by atoms with van der Waals surface area (Å²) in [6, 6.07) is 0. The van der Waals surface area contributed by atoms with Crippen molar-refractivity contribution in [2.75, 3.05) is 47.5 Å². The van der Waals surface area contributed by atoms with Gasteiger partial charge in [-0.05, 0) is 77.0 Å². The van der Waals surface area contributed by atoms with Crippen LogP contribution in [0.3, 0.4) is 0 Å². The number of unbranched alkanes of at least 4 members (excludes halogenated alkanes) is 34. The number of phosphoric ester groups is 1. The molecule has 0 aliphatic carbocycles. The molecule has 0 fully saturated rings. The number of likely N-dealkylation sites (N-methyl/N-ethyl adjacent to an activating group) is 1. The van der Waals surface area contributed by atoms with E-state index < -0.39 is 26.5 Å². The van der Waals surface area contributed by atoms with Crippen LogP contribution in [0.15, 0.2) is 97.2 Å². The fraction of sp³-hybridized carbons (Fsp3) is 0.757. The lowest BCUT2D eigenvalue weighted by Gasteiger charge is -2.24. The van der Waals surface area contributed by atoms with Gasteiger partial charge in [-0.2, -0.15) is 0 Å². The van der Waals surface area contributed by atoms with Crippen LogP contribution in [0.5, 0.6) is 0 Å². The average molecular weight is 1200 g/mol. The Labute approximate surface area is 519 Å². The number of carbonyl (C=O) groups excluding carboxylic acids is 2. The molecular weight excluding hydrogens is 1060 g/mol. The molecule has 0 saturated heterocycles. The molecule has 0 aromatic rings. The third-order valence-corrected chi connectivity index (χ3v) is 16.1. The maximum absolute atomic E-state index is 12.9. The Kier molecular flexibility index (Phi) is 62.1. The minimum atomic E-state index is -4.39. The van der Waals surface area contributed by atoms with Crippen molar-refractivity contribution in [3.63, 3.8) is 0 Å². The molecule has 0 amide bonds. The maximum Gasteiger partial charge on any atom is 0.472 e. The van der Waals surface area contributed by atoms with Crippen molar-refractivity contribution in [3.05, 3.63) is 97.2 Å². The Morgan fingerprint density at radius 2 is 0.679 bits per heavy atom. The second-order valence-corrected chi connectivity index (χ2v) is 26.0. The summed E-state index contributed by atoms with van der Waals surface area (Å²) in [6.45, 7) is 4.36. The Bertz CT molecular complexity index is 1740. The van der Waals surface area contributed by atoms with Gasteiger partial charge in [0.1, 0.15) is 19.8 Å². The molecule has 0 aromatic heterocycles. The van der Waals surface area contributed by atoms with E-state index >= 15 is 0 Å². The molecule has 0 aromatic carbocycles. The third kappa shape index (κ3) is 68.0. The molecule has 0 bridgehead atoms. The second kappa shape index (κ2) is 64.4. The van der Waals surface area contributed by atoms with E-state index in [1.165, 1.54) is 193 Å². The van der Waals surface area contributed by atoms with E-state index in [0.717, 1.165) is 83.5 Å². The summed E-state index contributed by atoms with van der Waals surface area (Å²) < 4.78 is 34.7. The Morgan fingerprint density at radius 1 is 0.381 bits per heavy atom. The number of nitrogens with zero attached hydrogens (tertiary/aromatic N) is 1. The summed E-state index contributed by atoms with van der Waals surface area (Å²) in [7, 11) is 1.49.